The third-order valence-corrected chi connectivity index (χ3v) is 7.54. The molecule has 1 aromatic carbocycles. The third kappa shape index (κ3) is 7.64. The third-order valence-electron chi connectivity index (χ3n) is 7.39. The Labute approximate surface area is 192 Å². The quantitative estimate of drug-likeness (QED) is 0.367. The molecule has 2 saturated carbocycles. The first kappa shape index (κ1) is 24.3. The molecule has 2 aliphatic carbocycles. The molecule has 0 heterocycles. The largest absolute Gasteiger partial charge is 0.206 e. The molecule has 0 bridgehead atoms. The average molecular weight is 447 g/mol. The summed E-state index contributed by atoms with van der Waals surface area (Å²) in [5.41, 5.74) is 2.28. The molecule has 0 atom stereocenters. The van der Waals surface area contributed by atoms with Crippen molar-refractivity contribution in [2.24, 2.45) is 23.7 Å². The number of hydrogen-bond acceptors (Lipinski definition) is 0. The number of allylic oxidation sites excluding steroid dienone is 1. The van der Waals surface area contributed by atoms with Crippen LogP contribution in [-0.4, -0.2) is 0 Å². The summed E-state index contributed by atoms with van der Waals surface area (Å²) < 4.78 is 29.2. The van der Waals surface area contributed by atoms with Gasteiger partial charge in [-0.05, 0) is 74.0 Å². The van der Waals surface area contributed by atoms with Crippen LogP contribution in [0.1, 0.15) is 95.1 Å². The SMILES string of the molecule is CCCCC1CCC(CCc2cc(F)c(C#CC3CCC(/C=C/Cl)CC3)c(F)c2)CC1. The molecule has 2 aliphatic rings. The van der Waals surface area contributed by atoms with Crippen LogP contribution in [0.2, 0.25) is 0 Å². The van der Waals surface area contributed by atoms with Crippen LogP contribution in [0, 0.1) is 47.1 Å². The first-order chi connectivity index (χ1) is 15.1. The van der Waals surface area contributed by atoms with Crippen molar-refractivity contribution in [3.05, 3.63) is 46.5 Å². The first-order valence-electron chi connectivity index (χ1n) is 12.3. The molecule has 2 fully saturated rings. The maximum Gasteiger partial charge on any atom is 0.142 e. The minimum Gasteiger partial charge on any atom is -0.206 e. The number of benzene rings is 1. The molecule has 0 N–H and O–H groups in total. The maximum atomic E-state index is 14.6. The van der Waals surface area contributed by atoms with E-state index in [9.17, 15) is 8.78 Å². The summed E-state index contributed by atoms with van der Waals surface area (Å²) in [4.78, 5) is 0. The minimum atomic E-state index is -0.510. The van der Waals surface area contributed by atoms with Crippen LogP contribution >= 0.6 is 11.6 Å². The summed E-state index contributed by atoms with van der Waals surface area (Å²) in [6, 6.07) is 3.00. The monoisotopic (exact) mass is 446 g/mol. The molecule has 0 nitrogen and oxygen atoms in total. The molecule has 1 aromatic rings. The van der Waals surface area contributed by atoms with Crippen molar-refractivity contribution in [1.82, 2.24) is 0 Å². The number of unbranched alkanes of at least 4 members (excludes halogenated alkanes) is 1. The second-order valence-corrected chi connectivity index (χ2v) is 9.95. The Hall–Kier alpha value is -1.33. The Morgan fingerprint density at radius 1 is 0.935 bits per heavy atom. The fraction of sp³-hybridized carbons (Fsp3) is 0.643. The number of hydrogen-bond donors (Lipinski definition) is 0. The zero-order valence-corrected chi connectivity index (χ0v) is 19.7. The zero-order chi connectivity index (χ0) is 22.1. The van der Waals surface area contributed by atoms with Crippen molar-refractivity contribution in [1.29, 1.82) is 0 Å². The van der Waals surface area contributed by atoms with E-state index in [0.29, 0.717) is 11.8 Å². The van der Waals surface area contributed by atoms with E-state index in [-0.39, 0.29) is 11.5 Å². The van der Waals surface area contributed by atoms with E-state index in [1.165, 1.54) is 57.1 Å². The molecule has 0 aliphatic heterocycles. The highest BCUT2D eigenvalue weighted by Gasteiger charge is 2.21. The molecule has 31 heavy (non-hydrogen) atoms. The second kappa shape index (κ2) is 12.6. The fourth-order valence-electron chi connectivity index (χ4n) is 5.29. The van der Waals surface area contributed by atoms with Crippen LogP contribution in [0.3, 0.4) is 0 Å². The van der Waals surface area contributed by atoms with Crippen molar-refractivity contribution < 1.29 is 8.78 Å². The van der Waals surface area contributed by atoms with Gasteiger partial charge in [0.2, 0.25) is 0 Å². The van der Waals surface area contributed by atoms with Crippen LogP contribution in [0.5, 0.6) is 0 Å². The van der Waals surface area contributed by atoms with Crippen molar-refractivity contribution in [3.63, 3.8) is 0 Å². The van der Waals surface area contributed by atoms with Gasteiger partial charge in [0.05, 0.1) is 5.56 Å². The molecule has 0 aromatic heterocycles. The fourth-order valence-corrected chi connectivity index (χ4v) is 5.50. The first-order valence-corrected chi connectivity index (χ1v) is 12.8. The molecule has 170 valence electrons. The van der Waals surface area contributed by atoms with Gasteiger partial charge in [0.1, 0.15) is 11.6 Å². The van der Waals surface area contributed by atoms with E-state index in [2.05, 4.69) is 18.8 Å². The van der Waals surface area contributed by atoms with E-state index < -0.39 is 11.6 Å². The zero-order valence-electron chi connectivity index (χ0n) is 18.9. The van der Waals surface area contributed by atoms with Crippen molar-refractivity contribution in [2.75, 3.05) is 0 Å². The maximum absolute atomic E-state index is 14.6. The normalized spacial score (nSPS) is 26.6. The molecule has 0 amide bonds. The lowest BCUT2D eigenvalue weighted by Gasteiger charge is -2.28. The van der Waals surface area contributed by atoms with Gasteiger partial charge in [0.25, 0.3) is 0 Å². The van der Waals surface area contributed by atoms with Crippen LogP contribution in [0.15, 0.2) is 23.7 Å². The van der Waals surface area contributed by atoms with Gasteiger partial charge in [-0.3, -0.25) is 0 Å². The topological polar surface area (TPSA) is 0 Å². The average Bonchev–Trinajstić information content (AvgIpc) is 2.77. The molecule has 0 saturated heterocycles. The predicted octanol–water partition coefficient (Wildman–Crippen LogP) is 8.80. The molecule has 3 rings (SSSR count). The molecule has 0 unspecified atom stereocenters. The highest BCUT2D eigenvalue weighted by Crippen LogP contribution is 2.34. The Morgan fingerprint density at radius 2 is 1.55 bits per heavy atom. The van der Waals surface area contributed by atoms with E-state index >= 15 is 0 Å². The highest BCUT2D eigenvalue weighted by molar-refractivity contribution is 6.25. The van der Waals surface area contributed by atoms with Gasteiger partial charge in [-0.25, -0.2) is 8.78 Å². The van der Waals surface area contributed by atoms with Gasteiger partial charge in [-0.1, -0.05) is 81.4 Å². The predicted molar refractivity (Wildman–Crippen MR) is 127 cm³/mol. The van der Waals surface area contributed by atoms with E-state index in [1.807, 2.05) is 6.08 Å². The standard InChI is InChI=1S/C28H37ClF2/c1-2-3-4-21-5-7-22(8-6-21)13-14-25-19-27(30)26(28(31)20-25)16-15-23-9-11-24(12-10-23)17-18-29/h17-24H,2-14H2,1H3/b18-17+. The smallest absolute Gasteiger partial charge is 0.142 e. The lowest BCUT2D eigenvalue weighted by atomic mass is 9.78. The van der Waals surface area contributed by atoms with Crippen LogP contribution in [-0.2, 0) is 6.42 Å². The molecular weight excluding hydrogens is 410 g/mol. The Morgan fingerprint density at radius 3 is 2.13 bits per heavy atom. The van der Waals surface area contributed by atoms with E-state index in [1.54, 1.807) is 5.54 Å². The number of rotatable bonds is 7. The van der Waals surface area contributed by atoms with Gasteiger partial charge in [-0.2, -0.15) is 0 Å². The molecule has 3 heteroatoms. The number of halogens is 3. The summed E-state index contributed by atoms with van der Waals surface area (Å²) in [6.07, 6.45) is 17.0. The van der Waals surface area contributed by atoms with E-state index in [4.69, 9.17) is 11.6 Å². The molecular formula is C28H37ClF2. The summed E-state index contributed by atoms with van der Waals surface area (Å²) in [6.45, 7) is 2.26. The van der Waals surface area contributed by atoms with Crippen molar-refractivity contribution in [3.8, 4) is 11.8 Å². The summed E-state index contributed by atoms with van der Waals surface area (Å²) >= 11 is 5.66. The van der Waals surface area contributed by atoms with E-state index in [0.717, 1.165) is 50.0 Å². The van der Waals surface area contributed by atoms with Crippen molar-refractivity contribution >= 4 is 11.6 Å². The lowest BCUT2D eigenvalue weighted by molar-refractivity contribution is 0.250. The lowest BCUT2D eigenvalue weighted by Crippen LogP contribution is -2.15. The Bertz CT molecular complexity index is 749. The number of aryl methyl sites for hydroxylation is 1. The second-order valence-electron chi connectivity index (χ2n) is 9.70. The van der Waals surface area contributed by atoms with Crippen molar-refractivity contribution in [2.45, 2.75) is 90.4 Å². The summed E-state index contributed by atoms with van der Waals surface area (Å²) in [5.74, 6) is 7.23. The van der Waals surface area contributed by atoms with Crippen LogP contribution in [0.25, 0.3) is 0 Å². The van der Waals surface area contributed by atoms with Gasteiger partial charge in [-0.15, -0.1) is 0 Å². The van der Waals surface area contributed by atoms with Crippen LogP contribution in [0.4, 0.5) is 8.78 Å². The summed E-state index contributed by atoms with van der Waals surface area (Å²) in [5, 5.41) is 0. The minimum absolute atomic E-state index is 0.0667. The van der Waals surface area contributed by atoms with Gasteiger partial charge >= 0.3 is 0 Å². The van der Waals surface area contributed by atoms with Gasteiger partial charge in [0.15, 0.2) is 0 Å². The molecule has 0 radical (unpaired) electrons. The molecule has 0 spiro atoms. The highest BCUT2D eigenvalue weighted by atomic mass is 35.5. The Kier molecular flexibility index (Phi) is 9.92. The van der Waals surface area contributed by atoms with Gasteiger partial charge in [0, 0.05) is 11.5 Å². The van der Waals surface area contributed by atoms with Gasteiger partial charge < -0.3 is 0 Å². The van der Waals surface area contributed by atoms with Crippen LogP contribution < -0.4 is 0 Å². The summed E-state index contributed by atoms with van der Waals surface area (Å²) in [7, 11) is 0. The Balaban J connectivity index is 1.50.